The molecule has 1 aliphatic heterocycles. The zero-order valence-corrected chi connectivity index (χ0v) is 12.3. The molecule has 1 saturated heterocycles. The molecule has 1 aromatic rings. The Labute approximate surface area is 119 Å². The minimum absolute atomic E-state index is 0.482. The van der Waals surface area contributed by atoms with E-state index in [0.717, 1.165) is 19.6 Å². The van der Waals surface area contributed by atoms with Crippen molar-refractivity contribution in [1.82, 2.24) is 5.32 Å². The monoisotopic (exact) mass is 287 g/mol. The van der Waals surface area contributed by atoms with E-state index in [9.17, 15) is 0 Å². The fourth-order valence-electron chi connectivity index (χ4n) is 2.69. The van der Waals surface area contributed by atoms with Gasteiger partial charge in [0.15, 0.2) is 0 Å². The van der Waals surface area contributed by atoms with Gasteiger partial charge in [-0.2, -0.15) is 0 Å². The van der Waals surface area contributed by atoms with E-state index in [1.54, 1.807) is 7.11 Å². The van der Waals surface area contributed by atoms with E-state index in [-0.39, 0.29) is 0 Å². The molecule has 0 aromatic heterocycles. The summed E-state index contributed by atoms with van der Waals surface area (Å²) in [6.45, 7) is 3.97. The van der Waals surface area contributed by atoms with Crippen LogP contribution in [0.2, 0.25) is 10.0 Å². The molecule has 1 heterocycles. The van der Waals surface area contributed by atoms with Gasteiger partial charge >= 0.3 is 0 Å². The molecule has 2 rings (SSSR count). The average Bonchev–Trinajstić information content (AvgIpc) is 2.35. The van der Waals surface area contributed by atoms with Crippen LogP contribution in [0.1, 0.15) is 24.8 Å². The Morgan fingerprint density at radius 2 is 2.11 bits per heavy atom. The SMILES string of the molecule is COC[C@H]1CN[C@@H](C)CC1c1ccc(Cl)c(Cl)c1. The summed E-state index contributed by atoms with van der Waals surface area (Å²) in [7, 11) is 1.75. The lowest BCUT2D eigenvalue weighted by molar-refractivity contribution is 0.117. The Balaban J connectivity index is 2.23. The zero-order chi connectivity index (χ0) is 13.1. The smallest absolute Gasteiger partial charge is 0.0595 e. The first-order chi connectivity index (χ1) is 8.61. The number of nitrogens with one attached hydrogen (secondary N) is 1. The van der Waals surface area contributed by atoms with Gasteiger partial charge in [0.05, 0.1) is 16.7 Å². The fraction of sp³-hybridized carbons (Fsp3) is 0.571. The molecule has 0 bridgehead atoms. The molecule has 3 atom stereocenters. The minimum atomic E-state index is 0.482. The predicted octanol–water partition coefficient (Wildman–Crippen LogP) is 3.72. The van der Waals surface area contributed by atoms with Crippen LogP contribution in [0.25, 0.3) is 0 Å². The Hall–Kier alpha value is -0.280. The highest BCUT2D eigenvalue weighted by atomic mass is 35.5. The number of benzene rings is 1. The number of hydrogen-bond acceptors (Lipinski definition) is 2. The summed E-state index contributed by atoms with van der Waals surface area (Å²) in [6, 6.07) is 6.49. The van der Waals surface area contributed by atoms with Gasteiger partial charge in [0.1, 0.15) is 0 Å². The maximum atomic E-state index is 6.12. The van der Waals surface area contributed by atoms with E-state index in [1.807, 2.05) is 12.1 Å². The first-order valence-electron chi connectivity index (χ1n) is 6.29. The van der Waals surface area contributed by atoms with Gasteiger partial charge in [-0.15, -0.1) is 0 Å². The molecule has 4 heteroatoms. The lowest BCUT2D eigenvalue weighted by atomic mass is 9.79. The van der Waals surface area contributed by atoms with Crippen LogP contribution in [0.4, 0.5) is 0 Å². The van der Waals surface area contributed by atoms with Crippen molar-refractivity contribution in [1.29, 1.82) is 0 Å². The van der Waals surface area contributed by atoms with Gasteiger partial charge in [-0.05, 0) is 37.0 Å². The molecule has 1 aromatic carbocycles. The summed E-state index contributed by atoms with van der Waals surface area (Å²) >= 11 is 12.1. The first-order valence-corrected chi connectivity index (χ1v) is 7.04. The Morgan fingerprint density at radius 1 is 1.33 bits per heavy atom. The van der Waals surface area contributed by atoms with Gasteiger partial charge in [0.25, 0.3) is 0 Å². The maximum Gasteiger partial charge on any atom is 0.0595 e. The highest BCUT2D eigenvalue weighted by Crippen LogP contribution is 2.35. The van der Waals surface area contributed by atoms with Crippen molar-refractivity contribution in [2.24, 2.45) is 5.92 Å². The maximum absolute atomic E-state index is 6.12. The van der Waals surface area contributed by atoms with Crippen LogP contribution in [0.5, 0.6) is 0 Å². The standard InChI is InChI=1S/C14H19Cl2NO/c1-9-5-12(11(7-17-9)8-18-2)10-3-4-13(15)14(16)6-10/h3-4,6,9,11-12,17H,5,7-8H2,1-2H3/t9-,11+,12?/m0/s1. The molecule has 0 amide bonds. The number of hydrogen-bond donors (Lipinski definition) is 1. The summed E-state index contributed by atoms with van der Waals surface area (Å²) in [5, 5.41) is 4.76. The average molecular weight is 288 g/mol. The Kier molecular flexibility index (Phi) is 4.91. The summed E-state index contributed by atoms with van der Waals surface area (Å²) in [6.07, 6.45) is 1.10. The number of methoxy groups -OCH3 is 1. The van der Waals surface area contributed by atoms with Crippen LogP contribution < -0.4 is 5.32 Å². The van der Waals surface area contributed by atoms with E-state index in [4.69, 9.17) is 27.9 Å². The molecule has 1 N–H and O–H groups in total. The fourth-order valence-corrected chi connectivity index (χ4v) is 3.00. The first kappa shape index (κ1) is 14.1. The topological polar surface area (TPSA) is 21.3 Å². The van der Waals surface area contributed by atoms with Gasteiger partial charge in [0.2, 0.25) is 0 Å². The third kappa shape index (κ3) is 3.18. The second-order valence-corrected chi connectivity index (χ2v) is 5.85. The molecule has 100 valence electrons. The van der Waals surface area contributed by atoms with Crippen LogP contribution in [0, 0.1) is 5.92 Å². The lowest BCUT2D eigenvalue weighted by Crippen LogP contribution is -2.43. The molecule has 0 radical (unpaired) electrons. The van der Waals surface area contributed by atoms with Crippen molar-refractivity contribution >= 4 is 23.2 Å². The molecule has 0 saturated carbocycles. The van der Waals surface area contributed by atoms with Crippen molar-refractivity contribution in [3.05, 3.63) is 33.8 Å². The van der Waals surface area contributed by atoms with E-state index >= 15 is 0 Å². The van der Waals surface area contributed by atoms with Gasteiger partial charge in [-0.1, -0.05) is 29.3 Å². The summed E-state index contributed by atoms with van der Waals surface area (Å²) in [5.41, 5.74) is 1.26. The summed E-state index contributed by atoms with van der Waals surface area (Å²) in [5.74, 6) is 0.972. The minimum Gasteiger partial charge on any atom is -0.384 e. The van der Waals surface area contributed by atoms with Crippen molar-refractivity contribution < 1.29 is 4.74 Å². The number of halogens is 2. The Morgan fingerprint density at radius 3 is 2.78 bits per heavy atom. The zero-order valence-electron chi connectivity index (χ0n) is 10.7. The molecule has 1 unspecified atom stereocenters. The molecular formula is C14H19Cl2NO. The van der Waals surface area contributed by atoms with Gasteiger partial charge in [-0.3, -0.25) is 0 Å². The molecular weight excluding hydrogens is 269 g/mol. The molecule has 1 aliphatic rings. The van der Waals surface area contributed by atoms with Crippen molar-refractivity contribution in [2.45, 2.75) is 25.3 Å². The molecule has 0 aliphatic carbocycles. The van der Waals surface area contributed by atoms with E-state index < -0.39 is 0 Å². The van der Waals surface area contributed by atoms with Crippen molar-refractivity contribution in [3.63, 3.8) is 0 Å². The van der Waals surface area contributed by atoms with Gasteiger partial charge < -0.3 is 10.1 Å². The Bertz CT molecular complexity index is 411. The summed E-state index contributed by atoms with van der Waals surface area (Å²) < 4.78 is 5.32. The molecule has 1 fully saturated rings. The third-order valence-corrected chi connectivity index (χ3v) is 4.40. The molecule has 2 nitrogen and oxygen atoms in total. The van der Waals surface area contributed by atoms with Crippen LogP contribution in [-0.2, 0) is 4.74 Å². The van der Waals surface area contributed by atoms with Gasteiger partial charge in [-0.25, -0.2) is 0 Å². The molecule has 0 spiro atoms. The number of rotatable bonds is 3. The van der Waals surface area contributed by atoms with Crippen LogP contribution >= 0.6 is 23.2 Å². The highest BCUT2D eigenvalue weighted by molar-refractivity contribution is 6.42. The van der Waals surface area contributed by atoms with E-state index in [2.05, 4.69) is 18.3 Å². The number of piperidine rings is 1. The van der Waals surface area contributed by atoms with Crippen LogP contribution in [0.15, 0.2) is 18.2 Å². The second-order valence-electron chi connectivity index (χ2n) is 5.04. The summed E-state index contributed by atoms with van der Waals surface area (Å²) in [4.78, 5) is 0. The largest absolute Gasteiger partial charge is 0.384 e. The van der Waals surface area contributed by atoms with E-state index in [1.165, 1.54) is 5.56 Å². The predicted molar refractivity (Wildman–Crippen MR) is 76.7 cm³/mol. The van der Waals surface area contributed by atoms with Crippen molar-refractivity contribution in [2.75, 3.05) is 20.3 Å². The number of ether oxygens (including phenoxy) is 1. The third-order valence-electron chi connectivity index (χ3n) is 3.66. The second kappa shape index (κ2) is 6.25. The van der Waals surface area contributed by atoms with Crippen LogP contribution in [0.3, 0.4) is 0 Å². The lowest BCUT2D eigenvalue weighted by Gasteiger charge is -2.36. The highest BCUT2D eigenvalue weighted by Gasteiger charge is 2.29. The van der Waals surface area contributed by atoms with E-state index in [0.29, 0.717) is 27.9 Å². The van der Waals surface area contributed by atoms with Crippen molar-refractivity contribution in [3.8, 4) is 0 Å². The molecule has 18 heavy (non-hydrogen) atoms. The quantitative estimate of drug-likeness (QED) is 0.915. The van der Waals surface area contributed by atoms with Gasteiger partial charge in [0, 0.05) is 25.6 Å². The van der Waals surface area contributed by atoms with Crippen LogP contribution in [-0.4, -0.2) is 26.3 Å². The normalized spacial score (nSPS) is 28.3.